The Hall–Kier alpha value is -2.05. The van der Waals surface area contributed by atoms with E-state index in [1.165, 1.54) is 34.4 Å². The van der Waals surface area contributed by atoms with Crippen molar-refractivity contribution in [2.45, 2.75) is 29.9 Å². The Morgan fingerprint density at radius 2 is 1.67 bits per heavy atom. The Balaban J connectivity index is 1.91. The highest BCUT2D eigenvalue weighted by Crippen LogP contribution is 2.40. The number of halogens is 6. The van der Waals surface area contributed by atoms with E-state index in [9.17, 15) is 26.3 Å². The zero-order chi connectivity index (χ0) is 22.3. The van der Waals surface area contributed by atoms with Crippen molar-refractivity contribution in [3.05, 3.63) is 55.5 Å². The second-order valence-electron chi connectivity index (χ2n) is 6.16. The minimum atomic E-state index is -4.91. The number of nitrogens with one attached hydrogen (secondary N) is 1. The molecule has 0 fully saturated rings. The first-order valence-electron chi connectivity index (χ1n) is 8.16. The van der Waals surface area contributed by atoms with Crippen LogP contribution in [0.1, 0.15) is 25.9 Å². The summed E-state index contributed by atoms with van der Waals surface area (Å²) < 4.78 is 78.7. The van der Waals surface area contributed by atoms with E-state index in [2.05, 4.69) is 4.98 Å². The molecule has 0 atom stereocenters. The molecule has 3 nitrogen and oxygen atoms in total. The van der Waals surface area contributed by atoms with Crippen LogP contribution >= 0.6 is 34.4 Å². The quantitative estimate of drug-likeness (QED) is 0.182. The van der Waals surface area contributed by atoms with Gasteiger partial charge in [-0.15, -0.1) is 34.4 Å². The predicted molar refractivity (Wildman–Crippen MR) is 107 cm³/mol. The van der Waals surface area contributed by atoms with Gasteiger partial charge in [0.05, 0.1) is 27.5 Å². The Labute approximate surface area is 179 Å². The zero-order valence-corrected chi connectivity index (χ0v) is 17.6. The van der Waals surface area contributed by atoms with Gasteiger partial charge in [-0.25, -0.2) is 4.98 Å². The van der Waals surface area contributed by atoms with Gasteiger partial charge in [-0.3, -0.25) is 5.41 Å². The molecule has 0 spiro atoms. The summed E-state index contributed by atoms with van der Waals surface area (Å²) in [4.78, 5) is 6.26. The van der Waals surface area contributed by atoms with Crippen molar-refractivity contribution >= 4 is 40.3 Å². The number of alkyl halides is 6. The van der Waals surface area contributed by atoms with Gasteiger partial charge in [0.1, 0.15) is 10.8 Å². The van der Waals surface area contributed by atoms with Gasteiger partial charge in [0, 0.05) is 20.7 Å². The van der Waals surface area contributed by atoms with Gasteiger partial charge >= 0.3 is 12.4 Å². The van der Waals surface area contributed by atoms with Gasteiger partial charge in [0.2, 0.25) is 0 Å². The lowest BCUT2D eigenvalue weighted by molar-refractivity contribution is -0.143. The van der Waals surface area contributed by atoms with E-state index < -0.39 is 23.5 Å². The molecule has 2 heterocycles. The number of benzene rings is 1. The van der Waals surface area contributed by atoms with Crippen LogP contribution in [0, 0.1) is 12.3 Å². The van der Waals surface area contributed by atoms with Crippen LogP contribution < -0.4 is 5.73 Å². The third-order valence-corrected chi connectivity index (χ3v) is 7.16. The number of nitrogens with zero attached hydrogens (tertiary/aromatic N) is 1. The summed E-state index contributed by atoms with van der Waals surface area (Å²) in [5.41, 5.74) is 2.56. The number of thiazole rings is 1. The molecule has 3 N–H and O–H groups in total. The van der Waals surface area contributed by atoms with Crippen molar-refractivity contribution in [3.8, 4) is 11.3 Å². The SMILES string of the molecule is Cc1sc(CSc2csc(C(=N)N)c2)nc1-c1cc(C(F)(F)F)cc(C(F)(F)F)c1. The average molecular weight is 482 g/mol. The third-order valence-electron chi connectivity index (χ3n) is 3.91. The van der Waals surface area contributed by atoms with Crippen LogP contribution in [-0.4, -0.2) is 10.8 Å². The van der Waals surface area contributed by atoms with Crippen molar-refractivity contribution in [1.29, 1.82) is 5.41 Å². The van der Waals surface area contributed by atoms with E-state index in [1.54, 1.807) is 13.0 Å². The molecule has 0 radical (unpaired) electrons. The van der Waals surface area contributed by atoms with Crippen LogP contribution in [0.15, 0.2) is 34.5 Å². The summed E-state index contributed by atoms with van der Waals surface area (Å²) in [6, 6.07) is 3.21. The molecule has 160 valence electrons. The molecule has 2 aromatic heterocycles. The number of aromatic nitrogens is 1. The molecule has 0 aliphatic carbocycles. The number of amidine groups is 1. The summed E-state index contributed by atoms with van der Waals surface area (Å²) in [7, 11) is 0. The largest absolute Gasteiger partial charge is 0.416 e. The molecule has 0 aliphatic rings. The second-order valence-corrected chi connectivity index (χ2v) is 9.40. The monoisotopic (exact) mass is 481 g/mol. The molecule has 0 saturated heterocycles. The zero-order valence-electron chi connectivity index (χ0n) is 15.1. The van der Waals surface area contributed by atoms with Crippen LogP contribution in [0.3, 0.4) is 0 Å². The molecule has 0 aliphatic heterocycles. The summed E-state index contributed by atoms with van der Waals surface area (Å²) in [6.07, 6.45) is -9.82. The average Bonchev–Trinajstić information content (AvgIpc) is 3.24. The topological polar surface area (TPSA) is 62.8 Å². The van der Waals surface area contributed by atoms with Gasteiger partial charge in [-0.2, -0.15) is 26.3 Å². The van der Waals surface area contributed by atoms with Crippen molar-refractivity contribution < 1.29 is 26.3 Å². The minimum Gasteiger partial charge on any atom is -0.383 e. The maximum atomic E-state index is 13.1. The van der Waals surface area contributed by atoms with E-state index in [1.807, 2.05) is 5.38 Å². The lowest BCUT2D eigenvalue weighted by atomic mass is 10.0. The van der Waals surface area contributed by atoms with Crippen LogP contribution in [0.4, 0.5) is 26.3 Å². The third kappa shape index (κ3) is 5.16. The lowest BCUT2D eigenvalue weighted by Gasteiger charge is -2.13. The van der Waals surface area contributed by atoms with Gasteiger partial charge < -0.3 is 5.73 Å². The number of aryl methyl sites for hydroxylation is 1. The van der Waals surface area contributed by atoms with Gasteiger partial charge in [0.25, 0.3) is 0 Å². The number of thiophene rings is 1. The molecular weight excluding hydrogens is 468 g/mol. The molecule has 0 saturated carbocycles. The molecule has 12 heteroatoms. The van der Waals surface area contributed by atoms with E-state index in [-0.39, 0.29) is 23.2 Å². The van der Waals surface area contributed by atoms with Gasteiger partial charge in [0.15, 0.2) is 0 Å². The van der Waals surface area contributed by atoms with Crippen molar-refractivity contribution in [2.75, 3.05) is 0 Å². The molecule has 30 heavy (non-hydrogen) atoms. The fourth-order valence-electron chi connectivity index (χ4n) is 2.55. The number of thioether (sulfide) groups is 1. The van der Waals surface area contributed by atoms with E-state index in [0.29, 0.717) is 32.6 Å². The maximum absolute atomic E-state index is 13.1. The van der Waals surface area contributed by atoms with E-state index in [4.69, 9.17) is 11.1 Å². The van der Waals surface area contributed by atoms with Crippen LogP contribution in [0.25, 0.3) is 11.3 Å². The van der Waals surface area contributed by atoms with Crippen LogP contribution in [-0.2, 0) is 18.1 Å². The first-order valence-corrected chi connectivity index (χ1v) is 10.8. The Kier molecular flexibility index (Phi) is 6.21. The van der Waals surface area contributed by atoms with Gasteiger partial charge in [-0.1, -0.05) is 0 Å². The van der Waals surface area contributed by atoms with Crippen LogP contribution in [0.2, 0.25) is 0 Å². The van der Waals surface area contributed by atoms with Crippen LogP contribution in [0.5, 0.6) is 0 Å². The number of nitrogen functional groups attached to an aromatic ring is 1. The van der Waals surface area contributed by atoms with Crippen molar-refractivity contribution in [3.63, 3.8) is 0 Å². The first-order chi connectivity index (χ1) is 13.8. The lowest BCUT2D eigenvalue weighted by Crippen LogP contribution is -2.11. The molecule has 3 rings (SSSR count). The number of hydrogen-bond donors (Lipinski definition) is 2. The summed E-state index contributed by atoms with van der Waals surface area (Å²) in [5.74, 6) is 0.328. The Morgan fingerprint density at radius 3 is 2.17 bits per heavy atom. The second kappa shape index (κ2) is 8.23. The highest BCUT2D eigenvalue weighted by Gasteiger charge is 2.37. The molecule has 0 unspecified atom stereocenters. The summed E-state index contributed by atoms with van der Waals surface area (Å²) in [5, 5.41) is 9.78. The molecule has 0 amide bonds. The smallest absolute Gasteiger partial charge is 0.383 e. The van der Waals surface area contributed by atoms with Crippen molar-refractivity contribution in [1.82, 2.24) is 4.98 Å². The fourth-order valence-corrected chi connectivity index (χ4v) is 5.40. The minimum absolute atomic E-state index is 0.0516. The number of rotatable bonds is 5. The summed E-state index contributed by atoms with van der Waals surface area (Å²) >= 11 is 3.91. The van der Waals surface area contributed by atoms with Gasteiger partial charge in [-0.05, 0) is 31.2 Å². The van der Waals surface area contributed by atoms with E-state index >= 15 is 0 Å². The maximum Gasteiger partial charge on any atom is 0.416 e. The normalized spacial score (nSPS) is 12.4. The number of hydrogen-bond acceptors (Lipinski definition) is 5. The molecule has 0 bridgehead atoms. The molecule has 1 aromatic carbocycles. The Morgan fingerprint density at radius 1 is 1.07 bits per heavy atom. The highest BCUT2D eigenvalue weighted by molar-refractivity contribution is 7.98. The van der Waals surface area contributed by atoms with E-state index in [0.717, 1.165) is 4.90 Å². The predicted octanol–water partition coefficient (Wildman–Crippen LogP) is 6.79. The first kappa shape index (κ1) is 22.6. The standard InChI is InChI=1S/C18H13F6N3S3/c1-8-15(9-2-10(17(19,20)21)4-11(3-9)18(22,23)24)27-14(30-8)7-28-12-5-13(16(25)26)29-6-12/h2-6H,7H2,1H3,(H3,25,26). The molecular formula is C18H13F6N3S3. The summed E-state index contributed by atoms with van der Waals surface area (Å²) in [6.45, 7) is 1.60. The molecule has 3 aromatic rings. The van der Waals surface area contributed by atoms with Crippen molar-refractivity contribution in [2.24, 2.45) is 5.73 Å². The fraction of sp³-hybridized carbons (Fsp3) is 0.222. The highest BCUT2D eigenvalue weighted by atomic mass is 32.2. The number of nitrogens with two attached hydrogens (primary N) is 1. The Bertz CT molecular complexity index is 1050.